The lowest BCUT2D eigenvalue weighted by atomic mass is 9.74. The van der Waals surface area contributed by atoms with Crippen LogP contribution in [0.3, 0.4) is 0 Å². The number of Topliss-reactive ketones (excluding diaryl/α,β-unsaturated/α-hetero) is 1. The second kappa shape index (κ2) is 11.4. The Labute approximate surface area is 250 Å². The number of alkyl halides is 3. The minimum absolute atomic E-state index is 0.150. The third kappa shape index (κ3) is 5.91. The third-order valence-electron chi connectivity index (χ3n) is 9.38. The Bertz CT molecular complexity index is 1370. The van der Waals surface area contributed by atoms with Gasteiger partial charge in [0, 0.05) is 6.04 Å². The Morgan fingerprint density at radius 2 is 1.62 bits per heavy atom. The summed E-state index contributed by atoms with van der Waals surface area (Å²) in [4.78, 5) is 40.3. The van der Waals surface area contributed by atoms with E-state index in [1.54, 1.807) is 6.92 Å². The van der Waals surface area contributed by atoms with Crippen molar-refractivity contribution in [2.75, 3.05) is 6.54 Å². The summed E-state index contributed by atoms with van der Waals surface area (Å²) in [5.74, 6) is -2.85. The molecule has 2 unspecified atom stereocenters. The van der Waals surface area contributed by atoms with E-state index in [2.05, 4.69) is 5.10 Å². The summed E-state index contributed by atoms with van der Waals surface area (Å²) in [5.41, 5.74) is -3.13. The van der Waals surface area contributed by atoms with E-state index in [9.17, 15) is 37.1 Å². The summed E-state index contributed by atoms with van der Waals surface area (Å²) in [6.07, 6.45) is 0.557. The van der Waals surface area contributed by atoms with Crippen LogP contribution in [0.15, 0.2) is 18.3 Å². The summed E-state index contributed by atoms with van der Waals surface area (Å²) >= 11 is 12.2. The van der Waals surface area contributed by atoms with E-state index in [0.29, 0.717) is 24.7 Å². The molecule has 0 radical (unpaired) electrons. The van der Waals surface area contributed by atoms with Gasteiger partial charge in [-0.1, -0.05) is 36.0 Å². The molecule has 1 heterocycles. The summed E-state index contributed by atoms with van der Waals surface area (Å²) in [6.45, 7) is 0.983. The lowest BCUT2D eigenvalue weighted by molar-refractivity contribution is -0.152. The Hall–Kier alpha value is -2.66. The summed E-state index contributed by atoms with van der Waals surface area (Å²) < 4.78 is 58.3. The standard InChI is InChI=1S/C29H31Cl2F4N3O4/c1-28(27(41)42)6-4-18(5-7-28)38-25(29(33,34)35)20(13-36-38)26(40)37(19-9-15-2-3-16(8-15)10-19)14-23(39)24-21(30)11-17(32)12-22(24)31/h11-13,15-16,18-19H,2-10,14H2,1H3,(H,41,42). The molecule has 1 aromatic heterocycles. The molecule has 3 aliphatic carbocycles. The van der Waals surface area contributed by atoms with Crippen molar-refractivity contribution in [3.63, 3.8) is 0 Å². The molecule has 1 amide bonds. The number of hydrogen-bond donors (Lipinski definition) is 1. The predicted octanol–water partition coefficient (Wildman–Crippen LogP) is 7.46. The van der Waals surface area contributed by atoms with Crippen molar-refractivity contribution >= 4 is 40.9 Å². The molecule has 7 nitrogen and oxygen atoms in total. The highest BCUT2D eigenvalue weighted by Crippen LogP contribution is 2.46. The maximum Gasteiger partial charge on any atom is 0.433 e. The highest BCUT2D eigenvalue weighted by atomic mass is 35.5. The average molecular weight is 632 g/mol. The van der Waals surface area contributed by atoms with Crippen LogP contribution in [0.4, 0.5) is 17.6 Å². The Morgan fingerprint density at radius 3 is 2.14 bits per heavy atom. The van der Waals surface area contributed by atoms with E-state index >= 15 is 0 Å². The fraction of sp³-hybridized carbons (Fsp3) is 0.586. The SMILES string of the molecule is CC1(C(=O)O)CCC(n2ncc(C(=O)N(CC(=O)c3c(Cl)cc(F)cc3Cl)C3CC4CCC(C4)C3)c2C(F)(F)F)CC1. The van der Waals surface area contributed by atoms with Crippen molar-refractivity contribution in [1.29, 1.82) is 0 Å². The fourth-order valence-electron chi connectivity index (χ4n) is 7.07. The third-order valence-corrected chi connectivity index (χ3v) is 9.97. The molecule has 1 N–H and O–H groups in total. The Balaban J connectivity index is 1.50. The highest BCUT2D eigenvalue weighted by molar-refractivity contribution is 6.40. The number of carboxylic acid groups (broad SMARTS) is 1. The lowest BCUT2D eigenvalue weighted by Crippen LogP contribution is -2.46. The Kier molecular flexibility index (Phi) is 8.39. The predicted molar refractivity (Wildman–Crippen MR) is 146 cm³/mol. The number of hydrogen-bond acceptors (Lipinski definition) is 4. The average Bonchev–Trinajstić information content (AvgIpc) is 3.49. The Morgan fingerprint density at radius 1 is 1.05 bits per heavy atom. The van der Waals surface area contributed by atoms with Gasteiger partial charge in [-0.3, -0.25) is 19.1 Å². The van der Waals surface area contributed by atoms with Gasteiger partial charge in [-0.15, -0.1) is 0 Å². The van der Waals surface area contributed by atoms with Crippen LogP contribution in [0.2, 0.25) is 10.0 Å². The van der Waals surface area contributed by atoms with Gasteiger partial charge in [0.15, 0.2) is 11.5 Å². The van der Waals surface area contributed by atoms with Gasteiger partial charge in [-0.05, 0) is 75.8 Å². The zero-order valence-corrected chi connectivity index (χ0v) is 24.4. The molecule has 0 aliphatic heterocycles. The van der Waals surface area contributed by atoms with E-state index in [0.717, 1.165) is 42.3 Å². The molecule has 3 aliphatic rings. The largest absolute Gasteiger partial charge is 0.481 e. The van der Waals surface area contributed by atoms with Crippen molar-refractivity contribution in [3.8, 4) is 0 Å². The van der Waals surface area contributed by atoms with Crippen LogP contribution in [0.5, 0.6) is 0 Å². The molecule has 13 heteroatoms. The number of benzene rings is 1. The van der Waals surface area contributed by atoms with Gasteiger partial charge in [0.05, 0.1) is 45.4 Å². The van der Waals surface area contributed by atoms with Crippen LogP contribution < -0.4 is 0 Å². The zero-order valence-electron chi connectivity index (χ0n) is 22.9. The van der Waals surface area contributed by atoms with Crippen molar-refractivity contribution < 1.29 is 37.1 Å². The maximum atomic E-state index is 14.6. The number of carbonyl (C=O) groups excluding carboxylic acids is 2. The number of carbonyl (C=O) groups is 3. The number of aromatic nitrogens is 2. The molecule has 5 rings (SSSR count). The first-order valence-electron chi connectivity index (χ1n) is 14.0. The van der Waals surface area contributed by atoms with Gasteiger partial charge in [-0.25, -0.2) is 4.39 Å². The minimum atomic E-state index is -4.94. The molecule has 228 valence electrons. The summed E-state index contributed by atoms with van der Waals surface area (Å²) in [7, 11) is 0. The topological polar surface area (TPSA) is 92.5 Å². The molecule has 1 aromatic carbocycles. The molecule has 0 saturated heterocycles. The van der Waals surface area contributed by atoms with E-state index in [4.69, 9.17) is 23.2 Å². The van der Waals surface area contributed by atoms with Crippen molar-refractivity contribution in [2.45, 2.75) is 83.0 Å². The van der Waals surface area contributed by atoms with Crippen molar-refractivity contribution in [3.05, 3.63) is 51.0 Å². The van der Waals surface area contributed by atoms with Gasteiger partial charge >= 0.3 is 12.1 Å². The number of rotatable bonds is 7. The van der Waals surface area contributed by atoms with Gasteiger partial charge in [-0.2, -0.15) is 18.3 Å². The molecule has 2 bridgehead atoms. The lowest BCUT2D eigenvalue weighted by Gasteiger charge is -2.37. The van der Waals surface area contributed by atoms with E-state index in [-0.39, 0.29) is 41.3 Å². The second-order valence-electron chi connectivity index (χ2n) is 12.2. The first-order chi connectivity index (χ1) is 19.7. The summed E-state index contributed by atoms with van der Waals surface area (Å²) in [5, 5.41) is 13.0. The van der Waals surface area contributed by atoms with Crippen LogP contribution in [0, 0.1) is 23.1 Å². The fourth-order valence-corrected chi connectivity index (χ4v) is 7.74. The van der Waals surface area contributed by atoms with Gasteiger partial charge < -0.3 is 10.0 Å². The maximum absolute atomic E-state index is 14.6. The van der Waals surface area contributed by atoms with Crippen LogP contribution in [0.1, 0.15) is 97.2 Å². The minimum Gasteiger partial charge on any atom is -0.481 e. The van der Waals surface area contributed by atoms with E-state index in [1.165, 1.54) is 4.90 Å². The van der Waals surface area contributed by atoms with Gasteiger partial charge in [0.25, 0.3) is 5.91 Å². The molecule has 3 saturated carbocycles. The molecular formula is C29H31Cl2F4N3O4. The van der Waals surface area contributed by atoms with Gasteiger partial charge in [0.1, 0.15) is 5.82 Å². The molecule has 42 heavy (non-hydrogen) atoms. The number of nitrogens with zero attached hydrogens (tertiary/aromatic N) is 3. The zero-order chi connectivity index (χ0) is 30.6. The molecule has 2 aromatic rings. The second-order valence-corrected chi connectivity index (χ2v) is 13.0. The molecule has 2 atom stereocenters. The molecule has 0 spiro atoms. The molecule has 3 fully saturated rings. The number of amides is 1. The molecular weight excluding hydrogens is 601 g/mol. The van der Waals surface area contributed by atoms with Crippen LogP contribution in [-0.2, 0) is 11.0 Å². The van der Waals surface area contributed by atoms with Crippen LogP contribution in [0.25, 0.3) is 0 Å². The quantitative estimate of drug-likeness (QED) is 0.253. The number of halogens is 6. The van der Waals surface area contributed by atoms with Crippen LogP contribution in [-0.4, -0.2) is 50.0 Å². The van der Waals surface area contributed by atoms with Crippen molar-refractivity contribution in [1.82, 2.24) is 14.7 Å². The summed E-state index contributed by atoms with van der Waals surface area (Å²) in [6, 6.07) is 0.604. The normalized spacial score (nSPS) is 27.6. The van der Waals surface area contributed by atoms with Crippen LogP contribution >= 0.6 is 23.2 Å². The number of ketones is 1. The first kappa shape index (κ1) is 30.8. The van der Waals surface area contributed by atoms with Crippen molar-refractivity contribution in [2.24, 2.45) is 17.3 Å². The smallest absolute Gasteiger partial charge is 0.433 e. The first-order valence-corrected chi connectivity index (χ1v) is 14.8. The highest BCUT2D eigenvalue weighted by Gasteiger charge is 2.46. The van der Waals surface area contributed by atoms with E-state index in [1.807, 2.05) is 0 Å². The number of fused-ring (bicyclic) bond motifs is 2. The van der Waals surface area contributed by atoms with E-state index < -0.39 is 65.0 Å². The number of carboxylic acids is 1. The van der Waals surface area contributed by atoms with Gasteiger partial charge in [0.2, 0.25) is 0 Å². The number of aliphatic carboxylic acids is 1. The monoisotopic (exact) mass is 631 g/mol.